The Hall–Kier alpha value is -1.75. The van der Waals surface area contributed by atoms with Gasteiger partial charge in [-0.2, -0.15) is 0 Å². The van der Waals surface area contributed by atoms with Gasteiger partial charge in [0.1, 0.15) is 11.9 Å². The van der Waals surface area contributed by atoms with Gasteiger partial charge in [0.25, 0.3) is 0 Å². The van der Waals surface area contributed by atoms with Crippen LogP contribution in [0.3, 0.4) is 0 Å². The molecular weight excluding hydrogens is 268 g/mol. The smallest absolute Gasteiger partial charge is 0.409 e. The summed E-state index contributed by atoms with van der Waals surface area (Å²) in [4.78, 5) is 15.9. The number of amides is 1. The first-order valence-electron chi connectivity index (χ1n) is 7.63. The van der Waals surface area contributed by atoms with Gasteiger partial charge < -0.3 is 14.4 Å². The summed E-state index contributed by atoms with van der Waals surface area (Å²) in [6.07, 6.45) is 1.11. The van der Waals surface area contributed by atoms with Crippen molar-refractivity contribution < 1.29 is 14.3 Å². The zero-order valence-electron chi connectivity index (χ0n) is 12.4. The number of nitrogens with zero attached hydrogens (tertiary/aromatic N) is 2. The first-order valence-corrected chi connectivity index (χ1v) is 7.63. The molecule has 0 saturated carbocycles. The van der Waals surface area contributed by atoms with E-state index in [1.807, 2.05) is 37.3 Å². The van der Waals surface area contributed by atoms with Crippen molar-refractivity contribution in [3.63, 3.8) is 0 Å². The van der Waals surface area contributed by atoms with Gasteiger partial charge in [-0.05, 0) is 25.5 Å². The van der Waals surface area contributed by atoms with Crippen LogP contribution in [0.1, 0.15) is 13.3 Å². The minimum absolute atomic E-state index is 0.183. The van der Waals surface area contributed by atoms with E-state index in [9.17, 15) is 4.79 Å². The maximum Gasteiger partial charge on any atom is 0.409 e. The molecule has 1 aromatic carbocycles. The summed E-state index contributed by atoms with van der Waals surface area (Å²) in [6, 6.07) is 10.4. The Morgan fingerprint density at radius 2 is 2.00 bits per heavy atom. The van der Waals surface area contributed by atoms with Gasteiger partial charge >= 0.3 is 6.09 Å². The van der Waals surface area contributed by atoms with Crippen molar-refractivity contribution in [1.82, 2.24) is 9.80 Å². The van der Waals surface area contributed by atoms with Gasteiger partial charge in [0.05, 0.1) is 6.61 Å². The van der Waals surface area contributed by atoms with Gasteiger partial charge in [-0.25, -0.2) is 4.79 Å². The highest BCUT2D eigenvalue weighted by Gasteiger charge is 2.38. The molecule has 2 aliphatic heterocycles. The minimum atomic E-state index is -0.183. The van der Waals surface area contributed by atoms with Crippen molar-refractivity contribution in [3.8, 4) is 5.75 Å². The molecular formula is C16H22N2O3. The zero-order chi connectivity index (χ0) is 14.7. The van der Waals surface area contributed by atoms with E-state index >= 15 is 0 Å². The number of carbonyl (C=O) groups is 1. The predicted octanol–water partition coefficient (Wildman–Crippen LogP) is 1.98. The van der Waals surface area contributed by atoms with Crippen LogP contribution < -0.4 is 4.74 Å². The molecule has 0 bridgehead atoms. The van der Waals surface area contributed by atoms with Crippen molar-refractivity contribution in [2.75, 3.05) is 32.8 Å². The highest BCUT2D eigenvalue weighted by molar-refractivity contribution is 5.68. The molecule has 2 fully saturated rings. The number of para-hydroxylation sites is 1. The van der Waals surface area contributed by atoms with Crippen LogP contribution in [0.4, 0.5) is 4.79 Å². The van der Waals surface area contributed by atoms with Gasteiger partial charge in [0.15, 0.2) is 0 Å². The standard InChI is InChI=1S/C16H22N2O3/c1-2-20-16(19)17-9-8-13(10-17)18-11-15(12-18)21-14-6-4-3-5-7-14/h3-7,13,15H,2,8-12H2,1H3. The number of rotatable bonds is 4. The lowest BCUT2D eigenvalue weighted by atomic mass is 10.1. The average Bonchev–Trinajstić information content (AvgIpc) is 2.93. The Morgan fingerprint density at radius 1 is 1.24 bits per heavy atom. The molecule has 21 heavy (non-hydrogen) atoms. The molecule has 2 heterocycles. The molecule has 0 N–H and O–H groups in total. The molecule has 2 saturated heterocycles. The van der Waals surface area contributed by atoms with E-state index in [4.69, 9.17) is 9.47 Å². The zero-order valence-corrected chi connectivity index (χ0v) is 12.4. The van der Waals surface area contributed by atoms with Gasteiger partial charge in [0.2, 0.25) is 0 Å². The number of hydrogen-bond donors (Lipinski definition) is 0. The first-order chi connectivity index (χ1) is 10.3. The van der Waals surface area contributed by atoms with Crippen molar-refractivity contribution in [3.05, 3.63) is 30.3 Å². The monoisotopic (exact) mass is 290 g/mol. The number of ether oxygens (including phenoxy) is 2. The van der Waals surface area contributed by atoms with E-state index in [-0.39, 0.29) is 12.2 Å². The van der Waals surface area contributed by atoms with Gasteiger partial charge in [-0.3, -0.25) is 4.90 Å². The molecule has 0 radical (unpaired) electrons. The minimum Gasteiger partial charge on any atom is -0.488 e. The number of benzene rings is 1. The van der Waals surface area contributed by atoms with Crippen LogP contribution >= 0.6 is 0 Å². The summed E-state index contributed by atoms with van der Waals surface area (Å²) >= 11 is 0. The van der Waals surface area contributed by atoms with E-state index < -0.39 is 0 Å². The molecule has 5 nitrogen and oxygen atoms in total. The van der Waals surface area contributed by atoms with E-state index in [1.165, 1.54) is 0 Å². The van der Waals surface area contributed by atoms with Crippen LogP contribution in [0.5, 0.6) is 5.75 Å². The predicted molar refractivity (Wildman–Crippen MR) is 79.4 cm³/mol. The Labute approximate surface area is 125 Å². The number of carbonyl (C=O) groups excluding carboxylic acids is 1. The molecule has 1 unspecified atom stereocenters. The van der Waals surface area contributed by atoms with E-state index in [1.54, 1.807) is 4.90 Å². The Morgan fingerprint density at radius 3 is 2.71 bits per heavy atom. The second kappa shape index (κ2) is 6.35. The summed E-state index contributed by atoms with van der Waals surface area (Å²) in [7, 11) is 0. The fourth-order valence-corrected chi connectivity index (χ4v) is 2.95. The molecule has 0 spiro atoms. The number of likely N-dealkylation sites (tertiary alicyclic amines) is 2. The molecule has 2 aliphatic rings. The third kappa shape index (κ3) is 3.29. The molecule has 0 aromatic heterocycles. The Kier molecular flexibility index (Phi) is 4.29. The van der Waals surface area contributed by atoms with E-state index in [2.05, 4.69) is 4.90 Å². The average molecular weight is 290 g/mol. The van der Waals surface area contributed by atoms with Crippen LogP contribution in [0.15, 0.2) is 30.3 Å². The third-order valence-corrected chi connectivity index (χ3v) is 4.13. The largest absolute Gasteiger partial charge is 0.488 e. The second-order valence-corrected chi connectivity index (χ2v) is 5.59. The SMILES string of the molecule is CCOC(=O)N1CCC(N2CC(Oc3ccccc3)C2)C1. The van der Waals surface area contributed by atoms with Gasteiger partial charge in [-0.15, -0.1) is 0 Å². The van der Waals surface area contributed by atoms with E-state index in [0.29, 0.717) is 12.6 Å². The highest BCUT2D eigenvalue weighted by atomic mass is 16.6. The molecule has 0 aliphatic carbocycles. The Balaban J connectivity index is 1.42. The van der Waals surface area contributed by atoms with Crippen LogP contribution in [-0.4, -0.2) is 60.8 Å². The Bertz CT molecular complexity index is 474. The fraction of sp³-hybridized carbons (Fsp3) is 0.562. The van der Waals surface area contributed by atoms with Gasteiger partial charge in [0, 0.05) is 32.2 Å². The molecule has 5 heteroatoms. The second-order valence-electron chi connectivity index (χ2n) is 5.59. The quantitative estimate of drug-likeness (QED) is 0.850. The van der Waals surface area contributed by atoms with Crippen molar-refractivity contribution >= 4 is 6.09 Å². The van der Waals surface area contributed by atoms with Crippen LogP contribution in [0, 0.1) is 0 Å². The van der Waals surface area contributed by atoms with Crippen molar-refractivity contribution in [2.24, 2.45) is 0 Å². The van der Waals surface area contributed by atoms with Gasteiger partial charge in [-0.1, -0.05) is 18.2 Å². The highest BCUT2D eigenvalue weighted by Crippen LogP contribution is 2.24. The van der Waals surface area contributed by atoms with Crippen LogP contribution in [0.2, 0.25) is 0 Å². The lowest BCUT2D eigenvalue weighted by Crippen LogP contribution is -2.58. The molecule has 1 aromatic rings. The summed E-state index contributed by atoms with van der Waals surface area (Å²) < 4.78 is 11.0. The molecule has 114 valence electrons. The fourth-order valence-electron chi connectivity index (χ4n) is 2.95. The van der Waals surface area contributed by atoms with Crippen LogP contribution in [-0.2, 0) is 4.74 Å². The summed E-state index contributed by atoms with van der Waals surface area (Å²) in [5.74, 6) is 0.932. The summed E-state index contributed by atoms with van der Waals surface area (Å²) in [6.45, 7) is 5.73. The maximum atomic E-state index is 11.7. The molecule has 1 atom stereocenters. The van der Waals surface area contributed by atoms with Crippen LogP contribution in [0.25, 0.3) is 0 Å². The third-order valence-electron chi connectivity index (χ3n) is 4.13. The topological polar surface area (TPSA) is 42.0 Å². The van der Waals surface area contributed by atoms with Crippen molar-refractivity contribution in [2.45, 2.75) is 25.5 Å². The normalized spacial score (nSPS) is 22.9. The summed E-state index contributed by atoms with van der Waals surface area (Å²) in [5, 5.41) is 0. The van der Waals surface area contributed by atoms with E-state index in [0.717, 1.165) is 38.3 Å². The summed E-state index contributed by atoms with van der Waals surface area (Å²) in [5.41, 5.74) is 0. The number of hydrogen-bond acceptors (Lipinski definition) is 4. The molecule has 3 rings (SSSR count). The lowest BCUT2D eigenvalue weighted by Gasteiger charge is -2.42. The maximum absolute atomic E-state index is 11.7. The molecule has 1 amide bonds. The van der Waals surface area contributed by atoms with Crippen molar-refractivity contribution in [1.29, 1.82) is 0 Å². The lowest BCUT2D eigenvalue weighted by molar-refractivity contribution is -0.00651. The first kappa shape index (κ1) is 14.2.